The van der Waals surface area contributed by atoms with Crippen LogP contribution in [0.5, 0.6) is 0 Å². The quantitative estimate of drug-likeness (QED) is 0.625. The molecule has 7 heteroatoms. The van der Waals surface area contributed by atoms with Gasteiger partial charge in [-0.2, -0.15) is 0 Å². The van der Waals surface area contributed by atoms with Gasteiger partial charge < -0.3 is 15.3 Å². The van der Waals surface area contributed by atoms with Gasteiger partial charge in [0.05, 0.1) is 11.0 Å². The Morgan fingerprint density at radius 1 is 1.17 bits per heavy atom. The molecule has 1 amide bonds. The maximum Gasteiger partial charge on any atom is 0.269 e. The second-order valence-corrected chi connectivity index (χ2v) is 5.52. The van der Waals surface area contributed by atoms with Gasteiger partial charge >= 0.3 is 0 Å². The molecular weight excluding hydrogens is 310 g/mol. The molecule has 0 aliphatic heterocycles. The van der Waals surface area contributed by atoms with Crippen LogP contribution in [-0.4, -0.2) is 36.6 Å². The Hall–Kier alpha value is -2.93. The van der Waals surface area contributed by atoms with E-state index in [2.05, 4.69) is 5.32 Å². The summed E-state index contributed by atoms with van der Waals surface area (Å²) in [6, 6.07) is 12.7. The van der Waals surface area contributed by atoms with Gasteiger partial charge in [-0.05, 0) is 29.8 Å². The molecule has 1 atom stereocenters. The van der Waals surface area contributed by atoms with E-state index in [0.29, 0.717) is 11.1 Å². The number of hydrogen-bond donors (Lipinski definition) is 2. The third-order valence-electron chi connectivity index (χ3n) is 3.59. The summed E-state index contributed by atoms with van der Waals surface area (Å²) in [5.74, 6) is -0.395. The topological polar surface area (TPSA) is 95.7 Å². The Balaban J connectivity index is 1.94. The van der Waals surface area contributed by atoms with Gasteiger partial charge in [0.1, 0.15) is 0 Å². The number of aliphatic hydroxyl groups excluding tert-OH is 1. The largest absolute Gasteiger partial charge is 0.387 e. The summed E-state index contributed by atoms with van der Waals surface area (Å²) < 4.78 is 0. The third-order valence-corrected chi connectivity index (χ3v) is 3.59. The first-order chi connectivity index (χ1) is 11.4. The van der Waals surface area contributed by atoms with Crippen molar-refractivity contribution in [1.82, 2.24) is 5.32 Å². The molecule has 2 aromatic carbocycles. The molecule has 1 unspecified atom stereocenters. The van der Waals surface area contributed by atoms with E-state index in [1.165, 1.54) is 24.3 Å². The lowest BCUT2D eigenvalue weighted by Gasteiger charge is -2.15. The number of nitro benzene ring substituents is 1. The zero-order chi connectivity index (χ0) is 17.7. The number of carbonyl (C=O) groups excluding carboxylic acids is 1. The maximum absolute atomic E-state index is 12.0. The summed E-state index contributed by atoms with van der Waals surface area (Å²) in [4.78, 5) is 24.0. The smallest absolute Gasteiger partial charge is 0.269 e. The fraction of sp³-hybridized carbons (Fsp3) is 0.235. The molecule has 2 rings (SSSR count). The molecule has 0 fully saturated rings. The molecular formula is C17H19N3O4. The lowest BCUT2D eigenvalue weighted by Crippen LogP contribution is -2.28. The Morgan fingerprint density at radius 3 is 2.25 bits per heavy atom. The molecule has 0 saturated heterocycles. The SMILES string of the molecule is CN(C)c1ccc(C(O)CNC(=O)c2ccc([N+](=O)[O-])cc2)cc1. The van der Waals surface area contributed by atoms with Crippen LogP contribution >= 0.6 is 0 Å². The number of hydrogen-bond acceptors (Lipinski definition) is 5. The Morgan fingerprint density at radius 2 is 1.75 bits per heavy atom. The van der Waals surface area contributed by atoms with Crippen LogP contribution in [0.25, 0.3) is 0 Å². The summed E-state index contributed by atoms with van der Waals surface area (Å²) >= 11 is 0. The first kappa shape index (κ1) is 17.4. The second kappa shape index (κ2) is 7.56. The van der Waals surface area contributed by atoms with Gasteiger partial charge in [-0.3, -0.25) is 14.9 Å². The van der Waals surface area contributed by atoms with Crippen LogP contribution in [0.3, 0.4) is 0 Å². The molecule has 0 aromatic heterocycles. The predicted octanol–water partition coefficient (Wildman–Crippen LogP) is 2.12. The summed E-state index contributed by atoms with van der Waals surface area (Å²) in [7, 11) is 3.85. The normalized spacial score (nSPS) is 11.6. The van der Waals surface area contributed by atoms with Gasteiger partial charge in [-0.1, -0.05) is 12.1 Å². The van der Waals surface area contributed by atoms with Crippen molar-refractivity contribution >= 4 is 17.3 Å². The molecule has 0 bridgehead atoms. The van der Waals surface area contributed by atoms with Crippen LogP contribution < -0.4 is 10.2 Å². The van der Waals surface area contributed by atoms with Crippen molar-refractivity contribution in [3.63, 3.8) is 0 Å². The highest BCUT2D eigenvalue weighted by molar-refractivity contribution is 5.94. The number of anilines is 1. The van der Waals surface area contributed by atoms with Crippen LogP contribution in [0.15, 0.2) is 48.5 Å². The van der Waals surface area contributed by atoms with Gasteiger partial charge in [0.25, 0.3) is 11.6 Å². The van der Waals surface area contributed by atoms with Crippen LogP contribution in [0.2, 0.25) is 0 Å². The fourth-order valence-electron chi connectivity index (χ4n) is 2.14. The average molecular weight is 329 g/mol. The summed E-state index contributed by atoms with van der Waals surface area (Å²) in [5.41, 5.74) is 1.94. The highest BCUT2D eigenvalue weighted by Crippen LogP contribution is 2.17. The van der Waals surface area contributed by atoms with E-state index >= 15 is 0 Å². The Labute approximate surface area is 139 Å². The van der Waals surface area contributed by atoms with Crippen molar-refractivity contribution in [3.05, 3.63) is 69.8 Å². The molecule has 2 aromatic rings. The number of nitrogens with zero attached hydrogens (tertiary/aromatic N) is 2. The summed E-state index contributed by atoms with van der Waals surface area (Å²) in [5, 5.41) is 23.3. The minimum atomic E-state index is -0.830. The first-order valence-corrected chi connectivity index (χ1v) is 7.36. The van der Waals surface area contributed by atoms with Gasteiger partial charge in [0.15, 0.2) is 0 Å². The number of nitro groups is 1. The first-order valence-electron chi connectivity index (χ1n) is 7.36. The van der Waals surface area contributed by atoms with Crippen LogP contribution in [-0.2, 0) is 0 Å². The van der Waals surface area contributed by atoms with Crippen molar-refractivity contribution in [1.29, 1.82) is 0 Å². The van der Waals surface area contributed by atoms with E-state index in [4.69, 9.17) is 0 Å². The highest BCUT2D eigenvalue weighted by atomic mass is 16.6. The van der Waals surface area contributed by atoms with Gasteiger partial charge in [0.2, 0.25) is 0 Å². The van der Waals surface area contributed by atoms with Crippen molar-refractivity contribution in [3.8, 4) is 0 Å². The van der Waals surface area contributed by atoms with Gasteiger partial charge in [0, 0.05) is 44.0 Å². The molecule has 0 heterocycles. The van der Waals surface area contributed by atoms with Crippen molar-refractivity contribution < 1.29 is 14.8 Å². The molecule has 126 valence electrons. The summed E-state index contributed by atoms with van der Waals surface area (Å²) in [6.07, 6.45) is -0.830. The van der Waals surface area contributed by atoms with E-state index < -0.39 is 16.9 Å². The zero-order valence-electron chi connectivity index (χ0n) is 13.5. The Kier molecular flexibility index (Phi) is 5.49. The number of rotatable bonds is 6. The minimum Gasteiger partial charge on any atom is -0.387 e. The van der Waals surface area contributed by atoms with Crippen LogP contribution in [0, 0.1) is 10.1 Å². The van der Waals surface area contributed by atoms with E-state index in [9.17, 15) is 20.0 Å². The lowest BCUT2D eigenvalue weighted by molar-refractivity contribution is -0.384. The summed E-state index contributed by atoms with van der Waals surface area (Å²) in [6.45, 7) is 0.0527. The van der Waals surface area contributed by atoms with Crippen LogP contribution in [0.4, 0.5) is 11.4 Å². The number of aliphatic hydroxyl groups is 1. The number of amides is 1. The number of benzene rings is 2. The van der Waals surface area contributed by atoms with Crippen molar-refractivity contribution in [2.75, 3.05) is 25.5 Å². The maximum atomic E-state index is 12.0. The standard InChI is InChI=1S/C17H19N3O4/c1-19(2)14-7-3-12(4-8-14)16(21)11-18-17(22)13-5-9-15(10-6-13)20(23)24/h3-10,16,21H,11H2,1-2H3,(H,18,22). The van der Waals surface area contributed by atoms with Crippen molar-refractivity contribution in [2.24, 2.45) is 0 Å². The third kappa shape index (κ3) is 4.30. The molecule has 0 aliphatic rings. The Bertz CT molecular complexity index is 712. The van der Waals surface area contributed by atoms with E-state index in [0.717, 1.165) is 5.69 Å². The number of carbonyl (C=O) groups is 1. The monoisotopic (exact) mass is 329 g/mol. The van der Waals surface area contributed by atoms with E-state index in [-0.39, 0.29) is 12.2 Å². The molecule has 2 N–H and O–H groups in total. The molecule has 0 radical (unpaired) electrons. The minimum absolute atomic E-state index is 0.0527. The molecule has 7 nitrogen and oxygen atoms in total. The molecule has 24 heavy (non-hydrogen) atoms. The number of nitrogens with one attached hydrogen (secondary N) is 1. The van der Waals surface area contributed by atoms with E-state index in [1.807, 2.05) is 31.1 Å². The predicted molar refractivity (Wildman–Crippen MR) is 91.2 cm³/mol. The molecule has 0 saturated carbocycles. The van der Waals surface area contributed by atoms with Crippen molar-refractivity contribution in [2.45, 2.75) is 6.10 Å². The lowest BCUT2D eigenvalue weighted by atomic mass is 10.1. The molecule has 0 aliphatic carbocycles. The molecule has 0 spiro atoms. The second-order valence-electron chi connectivity index (χ2n) is 5.52. The number of non-ortho nitro benzene ring substituents is 1. The highest BCUT2D eigenvalue weighted by Gasteiger charge is 2.12. The van der Waals surface area contributed by atoms with E-state index in [1.54, 1.807) is 12.1 Å². The zero-order valence-corrected chi connectivity index (χ0v) is 13.5. The average Bonchev–Trinajstić information content (AvgIpc) is 2.59. The van der Waals surface area contributed by atoms with Gasteiger partial charge in [-0.15, -0.1) is 0 Å². The van der Waals surface area contributed by atoms with Crippen LogP contribution in [0.1, 0.15) is 22.0 Å². The fourth-order valence-corrected chi connectivity index (χ4v) is 2.14. The van der Waals surface area contributed by atoms with Gasteiger partial charge in [-0.25, -0.2) is 0 Å².